The maximum atomic E-state index is 12.1. The summed E-state index contributed by atoms with van der Waals surface area (Å²) in [4.78, 5) is 12.1. The molecule has 0 aliphatic carbocycles. The summed E-state index contributed by atoms with van der Waals surface area (Å²) in [5.74, 6) is 1.35. The number of amides is 1. The number of aromatic nitrogens is 4. The Morgan fingerprint density at radius 2 is 1.78 bits per heavy atom. The maximum absolute atomic E-state index is 12.1. The van der Waals surface area contributed by atoms with Crippen molar-refractivity contribution in [1.82, 2.24) is 25.5 Å². The summed E-state index contributed by atoms with van der Waals surface area (Å²) >= 11 is 0. The van der Waals surface area contributed by atoms with Crippen molar-refractivity contribution in [3.63, 3.8) is 0 Å². The number of ether oxygens (including phenoxy) is 2. The predicted octanol–water partition coefficient (Wildman–Crippen LogP) is 1.58. The summed E-state index contributed by atoms with van der Waals surface area (Å²) in [6.45, 7) is 0.553. The first kappa shape index (κ1) is 18.4. The van der Waals surface area contributed by atoms with Crippen LogP contribution in [0.15, 0.2) is 48.8 Å². The van der Waals surface area contributed by atoms with Gasteiger partial charge in [-0.25, -0.2) is 4.68 Å². The third kappa shape index (κ3) is 4.81. The second-order valence-corrected chi connectivity index (χ2v) is 5.89. The summed E-state index contributed by atoms with van der Waals surface area (Å²) in [5.41, 5.74) is 2.84. The van der Waals surface area contributed by atoms with Crippen LogP contribution < -0.4 is 14.8 Å². The minimum Gasteiger partial charge on any atom is -0.493 e. The topological polar surface area (TPSA) is 91.2 Å². The third-order valence-electron chi connectivity index (χ3n) is 4.10. The van der Waals surface area contributed by atoms with Gasteiger partial charge in [0, 0.05) is 6.54 Å². The van der Waals surface area contributed by atoms with Gasteiger partial charge in [0.2, 0.25) is 5.91 Å². The van der Waals surface area contributed by atoms with Crippen molar-refractivity contribution < 1.29 is 14.3 Å². The van der Waals surface area contributed by atoms with Crippen LogP contribution in [-0.4, -0.2) is 46.9 Å². The van der Waals surface area contributed by atoms with Gasteiger partial charge in [-0.1, -0.05) is 18.2 Å². The summed E-state index contributed by atoms with van der Waals surface area (Å²) in [6, 6.07) is 13.3. The lowest BCUT2D eigenvalue weighted by Crippen LogP contribution is -2.27. The van der Waals surface area contributed by atoms with E-state index < -0.39 is 0 Å². The van der Waals surface area contributed by atoms with Gasteiger partial charge in [0.15, 0.2) is 11.5 Å². The van der Waals surface area contributed by atoms with E-state index in [-0.39, 0.29) is 5.91 Å². The van der Waals surface area contributed by atoms with Gasteiger partial charge in [-0.05, 0) is 52.2 Å². The van der Waals surface area contributed by atoms with E-state index in [0.29, 0.717) is 30.9 Å². The predicted molar refractivity (Wildman–Crippen MR) is 99.1 cm³/mol. The highest BCUT2D eigenvalue weighted by Gasteiger charge is 2.07. The fraction of sp³-hybridized carbons (Fsp3) is 0.263. The van der Waals surface area contributed by atoms with Crippen molar-refractivity contribution in [2.45, 2.75) is 12.8 Å². The molecule has 1 aromatic heterocycles. The highest BCUT2D eigenvalue weighted by atomic mass is 16.5. The molecule has 0 aliphatic heterocycles. The molecule has 0 saturated carbocycles. The van der Waals surface area contributed by atoms with Crippen molar-refractivity contribution in [2.24, 2.45) is 0 Å². The number of hydrogen-bond donors (Lipinski definition) is 1. The highest BCUT2D eigenvalue weighted by Crippen LogP contribution is 2.27. The lowest BCUT2D eigenvalue weighted by atomic mass is 10.1. The number of rotatable bonds is 8. The molecule has 0 saturated heterocycles. The monoisotopic (exact) mass is 367 g/mol. The second kappa shape index (κ2) is 8.79. The van der Waals surface area contributed by atoms with Gasteiger partial charge in [0.25, 0.3) is 0 Å². The molecule has 140 valence electrons. The van der Waals surface area contributed by atoms with E-state index in [4.69, 9.17) is 9.47 Å². The number of methoxy groups -OCH3 is 2. The molecule has 0 spiro atoms. The minimum absolute atomic E-state index is 0.0225. The molecule has 0 unspecified atom stereocenters. The second-order valence-electron chi connectivity index (χ2n) is 5.89. The third-order valence-corrected chi connectivity index (χ3v) is 4.10. The molecule has 0 aliphatic rings. The largest absolute Gasteiger partial charge is 0.493 e. The molecule has 0 radical (unpaired) electrons. The minimum atomic E-state index is -0.0225. The lowest BCUT2D eigenvalue weighted by Gasteiger charge is -2.10. The number of carbonyl (C=O) groups excluding carboxylic acids is 1. The summed E-state index contributed by atoms with van der Waals surface area (Å²) in [5, 5.41) is 14.0. The summed E-state index contributed by atoms with van der Waals surface area (Å²) < 4.78 is 12.1. The van der Waals surface area contributed by atoms with Crippen LogP contribution in [0.2, 0.25) is 0 Å². The lowest BCUT2D eigenvalue weighted by molar-refractivity contribution is -0.120. The van der Waals surface area contributed by atoms with Crippen LogP contribution in [0.4, 0.5) is 0 Å². The standard InChI is InChI=1S/C19H21N5O3/c1-26-17-8-5-15(11-18(17)27-2)9-10-20-19(25)12-14-3-6-16(7-4-14)24-13-21-22-23-24/h3-8,11,13H,9-10,12H2,1-2H3,(H,20,25). The average Bonchev–Trinajstić information content (AvgIpc) is 3.23. The molecule has 1 heterocycles. The van der Waals surface area contributed by atoms with Crippen molar-refractivity contribution in [1.29, 1.82) is 0 Å². The fourth-order valence-electron chi connectivity index (χ4n) is 2.68. The first-order valence-corrected chi connectivity index (χ1v) is 8.49. The number of hydrogen-bond acceptors (Lipinski definition) is 6. The van der Waals surface area contributed by atoms with E-state index in [2.05, 4.69) is 20.8 Å². The van der Waals surface area contributed by atoms with Crippen LogP contribution >= 0.6 is 0 Å². The van der Waals surface area contributed by atoms with Crippen molar-refractivity contribution in [3.8, 4) is 17.2 Å². The Bertz CT molecular complexity index is 879. The Hall–Kier alpha value is -3.42. The van der Waals surface area contributed by atoms with Gasteiger partial charge in [0.05, 0.1) is 26.3 Å². The van der Waals surface area contributed by atoms with E-state index >= 15 is 0 Å². The number of nitrogens with one attached hydrogen (secondary N) is 1. The molecule has 8 heteroatoms. The maximum Gasteiger partial charge on any atom is 0.224 e. The smallest absolute Gasteiger partial charge is 0.224 e. The molecule has 0 bridgehead atoms. The number of benzene rings is 2. The van der Waals surface area contributed by atoms with E-state index in [1.807, 2.05) is 42.5 Å². The fourth-order valence-corrected chi connectivity index (χ4v) is 2.68. The molecule has 1 N–H and O–H groups in total. The zero-order valence-electron chi connectivity index (χ0n) is 15.3. The van der Waals surface area contributed by atoms with Gasteiger partial charge in [0.1, 0.15) is 6.33 Å². The van der Waals surface area contributed by atoms with Crippen molar-refractivity contribution in [3.05, 3.63) is 59.9 Å². The summed E-state index contributed by atoms with van der Waals surface area (Å²) in [6.07, 6.45) is 2.56. The van der Waals surface area contributed by atoms with Gasteiger partial charge in [-0.2, -0.15) is 0 Å². The molecular weight excluding hydrogens is 346 g/mol. The van der Waals surface area contributed by atoms with Gasteiger partial charge in [-0.15, -0.1) is 5.10 Å². The van der Waals surface area contributed by atoms with E-state index in [1.54, 1.807) is 18.9 Å². The van der Waals surface area contributed by atoms with E-state index in [1.165, 1.54) is 6.33 Å². The Morgan fingerprint density at radius 1 is 1.04 bits per heavy atom. The van der Waals surface area contributed by atoms with Crippen LogP contribution in [0.25, 0.3) is 5.69 Å². The Labute approximate surface area is 157 Å². The molecule has 8 nitrogen and oxygen atoms in total. The SMILES string of the molecule is COc1ccc(CCNC(=O)Cc2ccc(-n3cnnn3)cc2)cc1OC. The van der Waals surface area contributed by atoms with Crippen molar-refractivity contribution in [2.75, 3.05) is 20.8 Å². The molecular formula is C19H21N5O3. The van der Waals surface area contributed by atoms with Gasteiger partial charge < -0.3 is 14.8 Å². The van der Waals surface area contributed by atoms with E-state index in [0.717, 1.165) is 16.8 Å². The van der Waals surface area contributed by atoms with Gasteiger partial charge >= 0.3 is 0 Å². The normalized spacial score (nSPS) is 10.4. The van der Waals surface area contributed by atoms with Crippen LogP contribution in [0.3, 0.4) is 0 Å². The van der Waals surface area contributed by atoms with Gasteiger partial charge in [-0.3, -0.25) is 4.79 Å². The van der Waals surface area contributed by atoms with Crippen LogP contribution in [0.5, 0.6) is 11.5 Å². The molecule has 1 amide bonds. The molecule has 27 heavy (non-hydrogen) atoms. The van der Waals surface area contributed by atoms with Crippen LogP contribution in [0.1, 0.15) is 11.1 Å². The molecule has 3 rings (SSSR count). The Kier molecular flexibility index (Phi) is 5.98. The highest BCUT2D eigenvalue weighted by molar-refractivity contribution is 5.78. The number of tetrazole rings is 1. The number of carbonyl (C=O) groups is 1. The molecule has 3 aromatic rings. The summed E-state index contributed by atoms with van der Waals surface area (Å²) in [7, 11) is 3.21. The Morgan fingerprint density at radius 3 is 2.44 bits per heavy atom. The van der Waals surface area contributed by atoms with E-state index in [9.17, 15) is 4.79 Å². The molecule has 0 atom stereocenters. The zero-order chi connectivity index (χ0) is 19.1. The average molecular weight is 367 g/mol. The van der Waals surface area contributed by atoms with Crippen LogP contribution in [0, 0.1) is 0 Å². The first-order chi connectivity index (χ1) is 13.2. The van der Waals surface area contributed by atoms with Crippen LogP contribution in [-0.2, 0) is 17.6 Å². The molecule has 0 fully saturated rings. The molecule has 2 aromatic carbocycles. The quantitative estimate of drug-likeness (QED) is 0.650. The Balaban J connectivity index is 1.48. The first-order valence-electron chi connectivity index (χ1n) is 8.49. The zero-order valence-corrected chi connectivity index (χ0v) is 15.3. The van der Waals surface area contributed by atoms with Crippen molar-refractivity contribution >= 4 is 5.91 Å². The number of nitrogens with zero attached hydrogens (tertiary/aromatic N) is 4.